The molecule has 4 aromatic rings. The molecule has 26 heavy (non-hydrogen) atoms. The van der Waals surface area contributed by atoms with Crippen molar-refractivity contribution in [1.29, 1.82) is 0 Å². The quantitative estimate of drug-likeness (QED) is 0.529. The number of nitrogens with zero attached hydrogens (tertiary/aromatic N) is 2. The molecule has 0 unspecified atom stereocenters. The highest BCUT2D eigenvalue weighted by molar-refractivity contribution is 7.22. The van der Waals surface area contributed by atoms with Crippen LogP contribution in [0.15, 0.2) is 47.8 Å². The zero-order valence-corrected chi connectivity index (χ0v) is 16.1. The van der Waals surface area contributed by atoms with E-state index in [0.29, 0.717) is 11.6 Å². The highest BCUT2D eigenvalue weighted by Crippen LogP contribution is 2.31. The number of hydrogen-bond acceptors (Lipinski definition) is 5. The first-order valence-corrected chi connectivity index (χ1v) is 9.95. The van der Waals surface area contributed by atoms with Gasteiger partial charge in [-0.2, -0.15) is 0 Å². The molecule has 6 heteroatoms. The summed E-state index contributed by atoms with van der Waals surface area (Å²) in [5.41, 5.74) is 5.15. The molecule has 2 heterocycles. The van der Waals surface area contributed by atoms with Gasteiger partial charge in [0, 0.05) is 5.38 Å². The summed E-state index contributed by atoms with van der Waals surface area (Å²) in [5.74, 6) is -0.0536. The lowest BCUT2D eigenvalue weighted by Crippen LogP contribution is -2.14. The van der Waals surface area contributed by atoms with Gasteiger partial charge in [0.2, 0.25) is 5.91 Å². The standard InChI is InChI=1S/C20H17N3OS2/c1-12-7-8-14(13(2)9-12)10-18(24)23-20-22-16(11-25-20)19-21-15-5-3-4-6-17(15)26-19/h3-9,11H,10H2,1-2H3,(H,22,23,24). The highest BCUT2D eigenvalue weighted by atomic mass is 32.1. The van der Waals surface area contributed by atoms with E-state index in [9.17, 15) is 4.79 Å². The Morgan fingerprint density at radius 1 is 1.12 bits per heavy atom. The van der Waals surface area contributed by atoms with Crippen molar-refractivity contribution in [2.24, 2.45) is 0 Å². The molecular formula is C20H17N3OS2. The summed E-state index contributed by atoms with van der Waals surface area (Å²) in [5, 5.41) is 6.31. The molecule has 0 bridgehead atoms. The highest BCUT2D eigenvalue weighted by Gasteiger charge is 2.12. The van der Waals surface area contributed by atoms with E-state index < -0.39 is 0 Å². The number of carbonyl (C=O) groups excluding carboxylic acids is 1. The second-order valence-electron chi connectivity index (χ2n) is 6.18. The topological polar surface area (TPSA) is 54.9 Å². The third-order valence-electron chi connectivity index (χ3n) is 4.11. The molecule has 0 atom stereocenters. The predicted octanol–water partition coefficient (Wildman–Crippen LogP) is 5.22. The van der Waals surface area contributed by atoms with Crippen molar-refractivity contribution < 1.29 is 4.79 Å². The number of aromatic nitrogens is 2. The first-order chi connectivity index (χ1) is 12.6. The van der Waals surface area contributed by atoms with Crippen LogP contribution in [0.25, 0.3) is 20.9 Å². The number of thiazole rings is 2. The SMILES string of the molecule is Cc1ccc(CC(=O)Nc2nc(-c3nc4ccccc4s3)cs2)c(C)c1. The molecule has 130 valence electrons. The second-order valence-corrected chi connectivity index (χ2v) is 8.07. The smallest absolute Gasteiger partial charge is 0.230 e. The van der Waals surface area contributed by atoms with E-state index in [1.54, 1.807) is 11.3 Å². The molecule has 4 rings (SSSR count). The van der Waals surface area contributed by atoms with Crippen LogP contribution in [0.2, 0.25) is 0 Å². The molecule has 0 aliphatic rings. The third kappa shape index (κ3) is 3.52. The molecule has 4 nitrogen and oxygen atoms in total. The predicted molar refractivity (Wildman–Crippen MR) is 109 cm³/mol. The van der Waals surface area contributed by atoms with Gasteiger partial charge < -0.3 is 5.32 Å². The number of nitrogens with one attached hydrogen (secondary N) is 1. The Morgan fingerprint density at radius 2 is 1.96 bits per heavy atom. The molecule has 0 aliphatic heterocycles. The second kappa shape index (κ2) is 6.97. The number of hydrogen-bond donors (Lipinski definition) is 1. The number of benzene rings is 2. The minimum Gasteiger partial charge on any atom is -0.302 e. The zero-order valence-electron chi connectivity index (χ0n) is 14.4. The molecule has 0 saturated carbocycles. The van der Waals surface area contributed by atoms with E-state index in [4.69, 9.17) is 0 Å². The summed E-state index contributed by atoms with van der Waals surface area (Å²) < 4.78 is 1.14. The van der Waals surface area contributed by atoms with E-state index in [0.717, 1.165) is 32.0 Å². The number of fused-ring (bicyclic) bond motifs is 1. The molecule has 1 N–H and O–H groups in total. The first kappa shape index (κ1) is 16.9. The van der Waals surface area contributed by atoms with Gasteiger partial charge in [0.05, 0.1) is 16.6 Å². The zero-order chi connectivity index (χ0) is 18.1. The Morgan fingerprint density at radius 3 is 2.77 bits per heavy atom. The van der Waals surface area contributed by atoms with E-state index in [-0.39, 0.29) is 5.91 Å². The molecule has 1 amide bonds. The van der Waals surface area contributed by atoms with Crippen LogP contribution in [0.5, 0.6) is 0 Å². The van der Waals surface area contributed by atoms with Crippen LogP contribution < -0.4 is 5.32 Å². The number of anilines is 1. The van der Waals surface area contributed by atoms with Crippen LogP contribution in [0.3, 0.4) is 0 Å². The van der Waals surface area contributed by atoms with Crippen LogP contribution in [-0.2, 0) is 11.2 Å². The Labute approximate surface area is 159 Å². The largest absolute Gasteiger partial charge is 0.302 e. The first-order valence-electron chi connectivity index (χ1n) is 8.26. The van der Waals surface area contributed by atoms with Crippen molar-refractivity contribution >= 4 is 43.9 Å². The average molecular weight is 380 g/mol. The number of aryl methyl sites for hydroxylation is 2. The molecule has 0 saturated heterocycles. The number of para-hydroxylation sites is 1. The fourth-order valence-corrected chi connectivity index (χ4v) is 4.50. The van der Waals surface area contributed by atoms with E-state index in [1.807, 2.05) is 42.6 Å². The molecule has 0 fully saturated rings. The van der Waals surface area contributed by atoms with Crippen molar-refractivity contribution in [3.05, 3.63) is 64.5 Å². The van der Waals surface area contributed by atoms with Crippen molar-refractivity contribution in [2.75, 3.05) is 5.32 Å². The van der Waals surface area contributed by atoms with Crippen molar-refractivity contribution in [2.45, 2.75) is 20.3 Å². The van der Waals surface area contributed by atoms with E-state index in [2.05, 4.69) is 34.3 Å². The summed E-state index contributed by atoms with van der Waals surface area (Å²) in [6, 6.07) is 14.2. The van der Waals surface area contributed by atoms with Gasteiger partial charge in [0.15, 0.2) is 5.13 Å². The Bertz CT molecular complexity index is 1060. The van der Waals surface area contributed by atoms with Gasteiger partial charge in [0.25, 0.3) is 0 Å². The van der Waals surface area contributed by atoms with Gasteiger partial charge in [-0.15, -0.1) is 22.7 Å². The van der Waals surface area contributed by atoms with Crippen LogP contribution in [0.4, 0.5) is 5.13 Å². The fraction of sp³-hybridized carbons (Fsp3) is 0.150. The van der Waals surface area contributed by atoms with Crippen molar-refractivity contribution in [1.82, 2.24) is 9.97 Å². The lowest BCUT2D eigenvalue weighted by Gasteiger charge is -2.06. The van der Waals surface area contributed by atoms with E-state index in [1.165, 1.54) is 16.9 Å². The molecule has 2 aromatic heterocycles. The number of carbonyl (C=O) groups is 1. The van der Waals surface area contributed by atoms with Crippen LogP contribution in [0, 0.1) is 13.8 Å². The summed E-state index contributed by atoms with van der Waals surface area (Å²) in [7, 11) is 0. The van der Waals surface area contributed by atoms with Gasteiger partial charge in [-0.25, -0.2) is 9.97 Å². The maximum atomic E-state index is 12.3. The molecule has 0 spiro atoms. The molecule has 0 aliphatic carbocycles. The summed E-state index contributed by atoms with van der Waals surface area (Å²) in [4.78, 5) is 21.5. The maximum Gasteiger partial charge on any atom is 0.230 e. The van der Waals surface area contributed by atoms with Crippen LogP contribution in [0.1, 0.15) is 16.7 Å². The van der Waals surface area contributed by atoms with Crippen molar-refractivity contribution in [3.8, 4) is 10.7 Å². The Kier molecular flexibility index (Phi) is 4.53. The minimum atomic E-state index is -0.0536. The lowest BCUT2D eigenvalue weighted by molar-refractivity contribution is -0.115. The monoisotopic (exact) mass is 379 g/mol. The minimum absolute atomic E-state index is 0.0536. The van der Waals surface area contributed by atoms with Gasteiger partial charge in [-0.3, -0.25) is 4.79 Å². The molecular weight excluding hydrogens is 362 g/mol. The summed E-state index contributed by atoms with van der Waals surface area (Å²) in [6.07, 6.45) is 0.349. The van der Waals surface area contributed by atoms with E-state index >= 15 is 0 Å². The normalized spacial score (nSPS) is 11.0. The molecule has 2 aromatic carbocycles. The fourth-order valence-electron chi connectivity index (χ4n) is 2.79. The summed E-state index contributed by atoms with van der Waals surface area (Å²) >= 11 is 3.03. The number of rotatable bonds is 4. The van der Waals surface area contributed by atoms with Crippen LogP contribution in [-0.4, -0.2) is 15.9 Å². The summed E-state index contributed by atoms with van der Waals surface area (Å²) in [6.45, 7) is 4.08. The maximum absolute atomic E-state index is 12.3. The molecule has 0 radical (unpaired) electrons. The Hall–Kier alpha value is -2.57. The third-order valence-corrected chi connectivity index (χ3v) is 5.93. The lowest BCUT2D eigenvalue weighted by atomic mass is 10.0. The Balaban J connectivity index is 1.48. The van der Waals surface area contributed by atoms with Gasteiger partial charge >= 0.3 is 0 Å². The van der Waals surface area contributed by atoms with Crippen LogP contribution >= 0.6 is 22.7 Å². The van der Waals surface area contributed by atoms with Crippen molar-refractivity contribution in [3.63, 3.8) is 0 Å². The van der Waals surface area contributed by atoms with Gasteiger partial charge in [0.1, 0.15) is 10.7 Å². The van der Waals surface area contributed by atoms with Gasteiger partial charge in [-0.05, 0) is 37.1 Å². The average Bonchev–Trinajstić information content (AvgIpc) is 3.23. The van der Waals surface area contributed by atoms with Gasteiger partial charge in [-0.1, -0.05) is 35.9 Å². The number of amides is 1.